The Labute approximate surface area is 147 Å². The molecule has 0 saturated heterocycles. The van der Waals surface area contributed by atoms with Gasteiger partial charge in [-0.25, -0.2) is 0 Å². The highest BCUT2D eigenvalue weighted by Gasteiger charge is 2.23. The van der Waals surface area contributed by atoms with Crippen molar-refractivity contribution >= 4 is 23.2 Å². The second-order valence-corrected chi connectivity index (χ2v) is 6.20. The second-order valence-electron chi connectivity index (χ2n) is 6.20. The summed E-state index contributed by atoms with van der Waals surface area (Å²) in [5, 5.41) is 5.76. The zero-order valence-corrected chi connectivity index (χ0v) is 14.2. The van der Waals surface area contributed by atoms with Crippen molar-refractivity contribution in [2.75, 3.05) is 17.7 Å². The van der Waals surface area contributed by atoms with Crippen LogP contribution in [0.3, 0.4) is 0 Å². The van der Waals surface area contributed by atoms with Crippen LogP contribution in [0.15, 0.2) is 48.5 Å². The first kappa shape index (κ1) is 17.0. The van der Waals surface area contributed by atoms with Gasteiger partial charge in [0, 0.05) is 17.7 Å². The summed E-state index contributed by atoms with van der Waals surface area (Å²) in [6, 6.07) is 14.2. The average molecular weight is 338 g/mol. The summed E-state index contributed by atoms with van der Waals surface area (Å²) >= 11 is 0. The Morgan fingerprint density at radius 1 is 1.00 bits per heavy atom. The van der Waals surface area contributed by atoms with Crippen LogP contribution in [0.4, 0.5) is 11.4 Å². The molecule has 2 aromatic rings. The van der Waals surface area contributed by atoms with Crippen molar-refractivity contribution in [3.63, 3.8) is 0 Å². The third-order valence-corrected chi connectivity index (χ3v) is 4.48. The fourth-order valence-corrected chi connectivity index (χ4v) is 3.11. The summed E-state index contributed by atoms with van der Waals surface area (Å²) < 4.78 is 5.17. The number of benzene rings is 2. The molecule has 0 aliphatic heterocycles. The maximum Gasteiger partial charge on any atom is 0.257 e. The van der Waals surface area contributed by atoms with Crippen LogP contribution in [0, 0.1) is 5.92 Å². The summed E-state index contributed by atoms with van der Waals surface area (Å²) in [5.41, 5.74) is 1.62. The van der Waals surface area contributed by atoms with Crippen LogP contribution in [0.25, 0.3) is 0 Å². The normalized spacial score (nSPS) is 14.1. The van der Waals surface area contributed by atoms with E-state index in [-0.39, 0.29) is 17.7 Å². The molecule has 2 aromatic carbocycles. The quantitative estimate of drug-likeness (QED) is 0.863. The number of para-hydroxylation sites is 1. The predicted molar refractivity (Wildman–Crippen MR) is 98.0 cm³/mol. The van der Waals surface area contributed by atoms with Crippen LogP contribution >= 0.6 is 0 Å². The molecule has 3 rings (SSSR count). The third-order valence-electron chi connectivity index (χ3n) is 4.48. The molecule has 0 unspecified atom stereocenters. The minimum atomic E-state index is -0.268. The molecule has 1 aliphatic rings. The van der Waals surface area contributed by atoms with E-state index in [0.29, 0.717) is 22.7 Å². The fraction of sp³-hybridized carbons (Fsp3) is 0.300. The summed E-state index contributed by atoms with van der Waals surface area (Å²) in [4.78, 5) is 25.0. The molecule has 0 radical (unpaired) electrons. The number of nitrogens with one attached hydrogen (secondary N) is 2. The standard InChI is InChI=1S/C20H22N2O3/c1-25-16-10-6-9-15(13-16)21-20(24)17-11-4-5-12-18(17)22-19(23)14-7-2-3-8-14/h4-6,9-14H,2-3,7-8H2,1H3,(H,21,24)(H,22,23). The van der Waals surface area contributed by atoms with Crippen LogP contribution in [0.5, 0.6) is 5.75 Å². The molecule has 0 spiro atoms. The van der Waals surface area contributed by atoms with E-state index in [4.69, 9.17) is 4.74 Å². The van der Waals surface area contributed by atoms with Crippen molar-refractivity contribution in [3.05, 3.63) is 54.1 Å². The van der Waals surface area contributed by atoms with Gasteiger partial charge < -0.3 is 15.4 Å². The number of anilines is 2. The van der Waals surface area contributed by atoms with Gasteiger partial charge in [-0.2, -0.15) is 0 Å². The molecule has 0 heterocycles. The SMILES string of the molecule is COc1cccc(NC(=O)c2ccccc2NC(=O)C2CCCC2)c1. The van der Waals surface area contributed by atoms with E-state index < -0.39 is 0 Å². The van der Waals surface area contributed by atoms with Gasteiger partial charge in [0.2, 0.25) is 5.91 Å². The van der Waals surface area contributed by atoms with Gasteiger partial charge in [-0.3, -0.25) is 9.59 Å². The highest BCUT2D eigenvalue weighted by molar-refractivity contribution is 6.10. The van der Waals surface area contributed by atoms with Crippen molar-refractivity contribution in [2.24, 2.45) is 5.92 Å². The lowest BCUT2D eigenvalue weighted by atomic mass is 10.1. The van der Waals surface area contributed by atoms with Gasteiger partial charge in [0.05, 0.1) is 18.4 Å². The topological polar surface area (TPSA) is 67.4 Å². The Morgan fingerprint density at radius 3 is 2.52 bits per heavy atom. The van der Waals surface area contributed by atoms with Gasteiger partial charge in [0.25, 0.3) is 5.91 Å². The minimum Gasteiger partial charge on any atom is -0.497 e. The van der Waals surface area contributed by atoms with Crippen molar-refractivity contribution in [3.8, 4) is 5.75 Å². The van der Waals surface area contributed by atoms with Crippen LogP contribution in [0.2, 0.25) is 0 Å². The zero-order valence-electron chi connectivity index (χ0n) is 14.2. The summed E-state index contributed by atoms with van der Waals surface area (Å²) in [6.07, 6.45) is 4.03. The van der Waals surface area contributed by atoms with Crippen LogP contribution in [-0.2, 0) is 4.79 Å². The molecule has 0 bridgehead atoms. The number of hydrogen-bond acceptors (Lipinski definition) is 3. The first-order valence-corrected chi connectivity index (χ1v) is 8.52. The van der Waals surface area contributed by atoms with Gasteiger partial charge in [-0.15, -0.1) is 0 Å². The first-order chi connectivity index (χ1) is 12.2. The highest BCUT2D eigenvalue weighted by atomic mass is 16.5. The summed E-state index contributed by atoms with van der Waals surface area (Å²) in [5.74, 6) is 0.449. The van der Waals surface area contributed by atoms with Gasteiger partial charge in [0.15, 0.2) is 0 Å². The fourth-order valence-electron chi connectivity index (χ4n) is 3.11. The van der Waals surface area contributed by atoms with E-state index >= 15 is 0 Å². The molecule has 1 fully saturated rings. The molecule has 25 heavy (non-hydrogen) atoms. The second kappa shape index (κ2) is 7.83. The lowest BCUT2D eigenvalue weighted by Crippen LogP contribution is -2.23. The van der Waals surface area contributed by atoms with E-state index in [1.165, 1.54) is 0 Å². The molecule has 5 heteroatoms. The van der Waals surface area contributed by atoms with Gasteiger partial charge in [0.1, 0.15) is 5.75 Å². The highest BCUT2D eigenvalue weighted by Crippen LogP contribution is 2.27. The van der Waals surface area contributed by atoms with E-state index in [9.17, 15) is 9.59 Å². The van der Waals surface area contributed by atoms with Crippen molar-refractivity contribution in [1.82, 2.24) is 0 Å². The largest absolute Gasteiger partial charge is 0.497 e. The number of methoxy groups -OCH3 is 1. The summed E-state index contributed by atoms with van der Waals surface area (Å²) in [6.45, 7) is 0. The number of carbonyl (C=O) groups is 2. The molecule has 1 aliphatic carbocycles. The van der Waals surface area contributed by atoms with E-state index in [1.54, 1.807) is 37.4 Å². The Bertz CT molecular complexity index is 767. The van der Waals surface area contributed by atoms with E-state index in [1.807, 2.05) is 18.2 Å². The third kappa shape index (κ3) is 4.18. The lowest BCUT2D eigenvalue weighted by Gasteiger charge is -2.14. The Morgan fingerprint density at radius 2 is 1.76 bits per heavy atom. The van der Waals surface area contributed by atoms with Crippen LogP contribution < -0.4 is 15.4 Å². The number of rotatable bonds is 5. The molecule has 0 aromatic heterocycles. The molecule has 2 amide bonds. The maximum atomic E-state index is 12.6. The van der Waals surface area contributed by atoms with Crippen LogP contribution in [0.1, 0.15) is 36.0 Å². The van der Waals surface area contributed by atoms with Crippen LogP contribution in [-0.4, -0.2) is 18.9 Å². The molecule has 1 saturated carbocycles. The van der Waals surface area contributed by atoms with E-state index in [0.717, 1.165) is 25.7 Å². The molecular weight excluding hydrogens is 316 g/mol. The first-order valence-electron chi connectivity index (χ1n) is 8.52. The average Bonchev–Trinajstić information content (AvgIpc) is 3.17. The number of amides is 2. The lowest BCUT2D eigenvalue weighted by molar-refractivity contribution is -0.119. The molecular formula is C20H22N2O3. The molecule has 0 atom stereocenters. The number of ether oxygens (including phenoxy) is 1. The minimum absolute atomic E-state index is 0.000805. The van der Waals surface area contributed by atoms with E-state index in [2.05, 4.69) is 10.6 Å². The van der Waals surface area contributed by atoms with Gasteiger partial charge >= 0.3 is 0 Å². The molecule has 5 nitrogen and oxygen atoms in total. The van der Waals surface area contributed by atoms with Gasteiger partial charge in [-0.1, -0.05) is 31.0 Å². The number of carbonyl (C=O) groups excluding carboxylic acids is 2. The van der Waals surface area contributed by atoms with Crippen molar-refractivity contribution in [2.45, 2.75) is 25.7 Å². The smallest absolute Gasteiger partial charge is 0.257 e. The van der Waals surface area contributed by atoms with Crippen molar-refractivity contribution in [1.29, 1.82) is 0 Å². The summed E-state index contributed by atoms with van der Waals surface area (Å²) in [7, 11) is 1.58. The Kier molecular flexibility index (Phi) is 5.33. The molecule has 130 valence electrons. The molecule has 2 N–H and O–H groups in total. The monoisotopic (exact) mass is 338 g/mol. The maximum absolute atomic E-state index is 12.6. The van der Waals surface area contributed by atoms with Crippen molar-refractivity contribution < 1.29 is 14.3 Å². The predicted octanol–water partition coefficient (Wildman–Crippen LogP) is 4.08. The zero-order chi connectivity index (χ0) is 17.6. The Hall–Kier alpha value is -2.82. The number of hydrogen-bond donors (Lipinski definition) is 2. The Balaban J connectivity index is 1.74. The van der Waals surface area contributed by atoms with Gasteiger partial charge in [-0.05, 0) is 37.1 Å².